The summed E-state index contributed by atoms with van der Waals surface area (Å²) < 4.78 is 0. The molecule has 0 amide bonds. The lowest BCUT2D eigenvalue weighted by molar-refractivity contribution is 0.404. The molecule has 0 aliphatic rings. The lowest BCUT2D eigenvalue weighted by Crippen LogP contribution is -2.05. The lowest BCUT2D eigenvalue weighted by Gasteiger charge is -2.19. The first-order chi connectivity index (χ1) is 5.45. The molecule has 0 heterocycles. The minimum atomic E-state index is 0.423. The van der Waals surface area contributed by atoms with Crippen LogP contribution in [0.4, 0.5) is 0 Å². The predicted molar refractivity (Wildman–Crippen MR) is 59.5 cm³/mol. The fraction of sp³-hybridized carbons (Fsp3) is 0.833. The van der Waals surface area contributed by atoms with Crippen molar-refractivity contribution in [2.24, 2.45) is 5.41 Å². The van der Waals surface area contributed by atoms with Crippen molar-refractivity contribution in [1.29, 1.82) is 0 Å². The van der Waals surface area contributed by atoms with Gasteiger partial charge in [0, 0.05) is 0 Å². The smallest absolute Gasteiger partial charge is 0.0274 e. The maximum Gasteiger partial charge on any atom is -0.0274 e. The van der Waals surface area contributed by atoms with Crippen molar-refractivity contribution in [1.82, 2.24) is 0 Å². The van der Waals surface area contributed by atoms with Gasteiger partial charge in [0.05, 0.1) is 0 Å². The maximum atomic E-state index is 4.03. The summed E-state index contributed by atoms with van der Waals surface area (Å²) >= 11 is 0. The van der Waals surface area contributed by atoms with Crippen molar-refractivity contribution < 1.29 is 0 Å². The Kier molecular flexibility index (Phi) is 8.79. The topological polar surface area (TPSA) is 0 Å². The zero-order chi connectivity index (χ0) is 10.2. The standard InChI is InChI=1S/C10H20.C2H6/c1-6-7-9(2)8-10(3,4)5;1-2/h2,6-8H2,1,3-5H3;1-2H3. The van der Waals surface area contributed by atoms with Crippen molar-refractivity contribution in [3.63, 3.8) is 0 Å². The van der Waals surface area contributed by atoms with Crippen LogP contribution >= 0.6 is 0 Å². The molecule has 74 valence electrons. The van der Waals surface area contributed by atoms with Crippen LogP contribution < -0.4 is 0 Å². The Morgan fingerprint density at radius 1 is 1.17 bits per heavy atom. The summed E-state index contributed by atoms with van der Waals surface area (Å²) in [5.41, 5.74) is 1.82. The molecule has 0 bridgehead atoms. The fourth-order valence-corrected chi connectivity index (χ4v) is 1.19. The highest BCUT2D eigenvalue weighted by molar-refractivity contribution is 4.96. The van der Waals surface area contributed by atoms with Crippen LogP contribution in [-0.2, 0) is 0 Å². The molecule has 12 heavy (non-hydrogen) atoms. The molecule has 0 aliphatic heterocycles. The van der Waals surface area contributed by atoms with Crippen LogP contribution in [0.1, 0.15) is 60.8 Å². The first kappa shape index (κ1) is 14.3. The Labute approximate surface area is 79.1 Å². The summed E-state index contributed by atoms with van der Waals surface area (Å²) in [6, 6.07) is 0. The third kappa shape index (κ3) is 12.4. The zero-order valence-corrected chi connectivity index (χ0v) is 9.83. The van der Waals surface area contributed by atoms with Gasteiger partial charge in [0.25, 0.3) is 0 Å². The molecule has 0 unspecified atom stereocenters. The van der Waals surface area contributed by atoms with Gasteiger partial charge in [-0.15, -0.1) is 0 Å². The molecule has 0 saturated carbocycles. The average Bonchev–Trinajstić information content (AvgIpc) is 1.88. The molecule has 0 nitrogen and oxygen atoms in total. The molecule has 0 saturated heterocycles. The summed E-state index contributed by atoms with van der Waals surface area (Å²) in [6.45, 7) is 17.0. The minimum Gasteiger partial charge on any atom is -0.0998 e. The first-order valence-electron chi connectivity index (χ1n) is 5.12. The van der Waals surface area contributed by atoms with Crippen molar-refractivity contribution in [2.45, 2.75) is 60.8 Å². The normalized spacial score (nSPS) is 10.2. The molecule has 0 spiro atoms. The molecule has 0 rings (SSSR count). The Balaban J connectivity index is 0. The van der Waals surface area contributed by atoms with E-state index in [-0.39, 0.29) is 0 Å². The van der Waals surface area contributed by atoms with Crippen LogP contribution in [0.2, 0.25) is 0 Å². The molecule has 0 aromatic carbocycles. The number of hydrogen-bond donors (Lipinski definition) is 0. The lowest BCUT2D eigenvalue weighted by atomic mass is 9.87. The quantitative estimate of drug-likeness (QED) is 0.533. The molecule has 0 aliphatic carbocycles. The van der Waals surface area contributed by atoms with Crippen molar-refractivity contribution in [2.75, 3.05) is 0 Å². The Bertz CT molecular complexity index is 104. The van der Waals surface area contributed by atoms with E-state index >= 15 is 0 Å². The van der Waals surface area contributed by atoms with E-state index in [0.717, 1.165) is 0 Å². The molecule has 0 atom stereocenters. The van der Waals surface area contributed by atoms with Gasteiger partial charge >= 0.3 is 0 Å². The van der Waals surface area contributed by atoms with Crippen LogP contribution in [0.5, 0.6) is 0 Å². The van der Waals surface area contributed by atoms with E-state index in [1.807, 2.05) is 13.8 Å². The van der Waals surface area contributed by atoms with E-state index in [0.29, 0.717) is 5.41 Å². The van der Waals surface area contributed by atoms with E-state index in [1.54, 1.807) is 0 Å². The van der Waals surface area contributed by atoms with Gasteiger partial charge in [-0.3, -0.25) is 0 Å². The molecule has 0 radical (unpaired) electrons. The van der Waals surface area contributed by atoms with Gasteiger partial charge in [0.15, 0.2) is 0 Å². The third-order valence-electron chi connectivity index (χ3n) is 1.38. The summed E-state index contributed by atoms with van der Waals surface area (Å²) in [7, 11) is 0. The van der Waals surface area contributed by atoms with Crippen LogP contribution in [0, 0.1) is 5.41 Å². The molecule has 0 N–H and O–H groups in total. The summed E-state index contributed by atoms with van der Waals surface area (Å²) in [5.74, 6) is 0. The third-order valence-corrected chi connectivity index (χ3v) is 1.38. The van der Waals surface area contributed by atoms with Crippen LogP contribution in [0.3, 0.4) is 0 Å². The number of rotatable bonds is 3. The summed E-state index contributed by atoms with van der Waals surface area (Å²) in [4.78, 5) is 0. The van der Waals surface area contributed by atoms with E-state index in [4.69, 9.17) is 0 Å². The highest BCUT2D eigenvalue weighted by atomic mass is 14.2. The van der Waals surface area contributed by atoms with Gasteiger partial charge < -0.3 is 0 Å². The Morgan fingerprint density at radius 2 is 1.58 bits per heavy atom. The summed E-state index contributed by atoms with van der Waals surface area (Å²) in [6.07, 6.45) is 3.59. The first-order valence-corrected chi connectivity index (χ1v) is 5.12. The van der Waals surface area contributed by atoms with Gasteiger partial charge in [-0.2, -0.15) is 0 Å². The van der Waals surface area contributed by atoms with E-state index in [9.17, 15) is 0 Å². The fourth-order valence-electron chi connectivity index (χ4n) is 1.19. The van der Waals surface area contributed by atoms with Gasteiger partial charge in [-0.25, -0.2) is 0 Å². The van der Waals surface area contributed by atoms with Crippen LogP contribution in [0.15, 0.2) is 12.2 Å². The largest absolute Gasteiger partial charge is 0.0998 e. The number of hydrogen-bond acceptors (Lipinski definition) is 0. The van der Waals surface area contributed by atoms with E-state index in [1.165, 1.54) is 24.8 Å². The molecular formula is C12H26. The van der Waals surface area contributed by atoms with E-state index < -0.39 is 0 Å². The highest BCUT2D eigenvalue weighted by Gasteiger charge is 2.10. The van der Waals surface area contributed by atoms with E-state index in [2.05, 4.69) is 34.3 Å². The second kappa shape index (κ2) is 7.39. The molecule has 0 aromatic heterocycles. The van der Waals surface area contributed by atoms with Gasteiger partial charge in [-0.1, -0.05) is 60.1 Å². The Hall–Kier alpha value is -0.260. The monoisotopic (exact) mass is 170 g/mol. The predicted octanol–water partition coefficient (Wildman–Crippen LogP) is 4.81. The molecule has 0 heteroatoms. The van der Waals surface area contributed by atoms with Crippen molar-refractivity contribution in [3.05, 3.63) is 12.2 Å². The van der Waals surface area contributed by atoms with Crippen molar-refractivity contribution in [3.8, 4) is 0 Å². The molecule has 0 fully saturated rings. The van der Waals surface area contributed by atoms with Crippen molar-refractivity contribution >= 4 is 0 Å². The average molecular weight is 170 g/mol. The Morgan fingerprint density at radius 3 is 1.83 bits per heavy atom. The SMILES string of the molecule is C=C(CCC)CC(C)(C)C.CC. The van der Waals surface area contributed by atoms with Gasteiger partial charge in [0.1, 0.15) is 0 Å². The highest BCUT2D eigenvalue weighted by Crippen LogP contribution is 2.24. The number of allylic oxidation sites excluding steroid dienone is 1. The second-order valence-corrected chi connectivity index (χ2v) is 4.24. The van der Waals surface area contributed by atoms with Gasteiger partial charge in [-0.05, 0) is 18.3 Å². The minimum absolute atomic E-state index is 0.423. The molecule has 0 aromatic rings. The zero-order valence-electron chi connectivity index (χ0n) is 9.83. The maximum absolute atomic E-state index is 4.03. The second-order valence-electron chi connectivity index (χ2n) is 4.24. The molecular weight excluding hydrogens is 144 g/mol. The summed E-state index contributed by atoms with van der Waals surface area (Å²) in [5, 5.41) is 0. The van der Waals surface area contributed by atoms with Crippen LogP contribution in [-0.4, -0.2) is 0 Å². The van der Waals surface area contributed by atoms with Gasteiger partial charge in [0.2, 0.25) is 0 Å². The van der Waals surface area contributed by atoms with Crippen LogP contribution in [0.25, 0.3) is 0 Å².